The smallest absolute Gasteiger partial charge is 0.338 e. The zero-order valence-corrected chi connectivity index (χ0v) is 16.2. The Bertz CT molecular complexity index is 798. The molecule has 0 unspecified atom stereocenters. The van der Waals surface area contributed by atoms with Gasteiger partial charge in [0.25, 0.3) is 0 Å². The van der Waals surface area contributed by atoms with E-state index in [9.17, 15) is 10.1 Å². The van der Waals surface area contributed by atoms with Gasteiger partial charge in [-0.1, -0.05) is 17.2 Å². The summed E-state index contributed by atoms with van der Waals surface area (Å²) in [5.41, 5.74) is 0.978. The van der Waals surface area contributed by atoms with Gasteiger partial charge in [0.05, 0.1) is 12.1 Å². The lowest BCUT2D eigenvalue weighted by atomic mass is 10.2. The molecule has 0 aliphatic rings. The number of halogens is 2. The van der Waals surface area contributed by atoms with Crippen LogP contribution in [0.4, 0.5) is 5.69 Å². The Balaban J connectivity index is 2.31. The van der Waals surface area contributed by atoms with Crippen molar-refractivity contribution >= 4 is 63.0 Å². The van der Waals surface area contributed by atoms with E-state index < -0.39 is 4.92 Å². The molecule has 2 rings (SSSR count). The average Bonchev–Trinajstić information content (AvgIpc) is 2.85. The number of nitrogens with zero attached hydrogens (tertiary/aromatic N) is 2. The van der Waals surface area contributed by atoms with Gasteiger partial charge < -0.3 is 9.26 Å². The van der Waals surface area contributed by atoms with E-state index in [0.29, 0.717) is 0 Å². The van der Waals surface area contributed by atoms with Crippen LogP contribution in [-0.4, -0.2) is 16.7 Å². The third kappa shape index (κ3) is 4.23. The molecule has 0 atom stereocenters. The first-order valence-corrected chi connectivity index (χ1v) is 8.43. The molecule has 1 aromatic heterocycles. The maximum atomic E-state index is 11.0. The number of aryl methyl sites for hydroxylation is 1. The fourth-order valence-electron chi connectivity index (χ4n) is 1.81. The fourth-order valence-corrected chi connectivity index (χ4v) is 3.94. The highest BCUT2D eigenvalue weighted by molar-refractivity contribution is 14.1. The topological polar surface area (TPSA) is 78.4 Å². The summed E-state index contributed by atoms with van der Waals surface area (Å²) in [5, 5.41) is 14.6. The molecule has 0 fully saturated rings. The van der Waals surface area contributed by atoms with Crippen molar-refractivity contribution in [3.63, 3.8) is 0 Å². The van der Waals surface area contributed by atoms with Crippen molar-refractivity contribution in [1.82, 2.24) is 5.16 Å². The second-order valence-corrected chi connectivity index (χ2v) is 6.70. The minimum atomic E-state index is -0.504. The molecule has 0 spiro atoms. The quantitative estimate of drug-likeness (QED) is 0.247. The van der Waals surface area contributed by atoms with Crippen molar-refractivity contribution in [3.05, 3.63) is 46.4 Å². The van der Waals surface area contributed by atoms with Gasteiger partial charge in [-0.25, -0.2) is 0 Å². The first-order chi connectivity index (χ1) is 10.9. The molecule has 8 heteroatoms. The average molecular weight is 536 g/mol. The predicted octanol–water partition coefficient (Wildman–Crippen LogP) is 4.28. The van der Waals surface area contributed by atoms with Crippen LogP contribution < -0.4 is 4.74 Å². The number of rotatable bonds is 5. The van der Waals surface area contributed by atoms with Gasteiger partial charge in [-0.15, -0.1) is 6.42 Å². The van der Waals surface area contributed by atoms with Crippen LogP contribution in [-0.2, 0) is 0 Å². The van der Waals surface area contributed by atoms with E-state index in [1.54, 1.807) is 6.08 Å². The molecule has 0 N–H and O–H groups in total. The van der Waals surface area contributed by atoms with Crippen molar-refractivity contribution < 1.29 is 14.2 Å². The lowest BCUT2D eigenvalue weighted by molar-refractivity contribution is -0.386. The van der Waals surface area contributed by atoms with Crippen LogP contribution in [0.5, 0.6) is 5.75 Å². The standard InChI is InChI=1S/C15H10I2N2O4/c1-3-6-22-15-11(16)7-10(8-12(15)17)4-5-13-14(19(20)21)9(2)18-23-13/h1,4-5,7-8H,6H2,2H3/b5-4+. The summed E-state index contributed by atoms with van der Waals surface area (Å²) in [6.45, 7) is 1.73. The molecule has 6 nitrogen and oxygen atoms in total. The third-order valence-electron chi connectivity index (χ3n) is 2.79. The SMILES string of the molecule is C#CCOc1c(I)cc(/C=C/c2onc(C)c2[N+](=O)[O-])cc1I. The molecule has 0 aliphatic carbocycles. The minimum absolute atomic E-state index is 0.116. The van der Waals surface area contributed by atoms with E-state index in [-0.39, 0.29) is 23.7 Å². The molecule has 0 amide bonds. The fraction of sp³-hybridized carbons (Fsp3) is 0.133. The lowest BCUT2D eigenvalue weighted by Gasteiger charge is -2.08. The van der Waals surface area contributed by atoms with E-state index >= 15 is 0 Å². The van der Waals surface area contributed by atoms with Gasteiger partial charge in [0.1, 0.15) is 12.4 Å². The van der Waals surface area contributed by atoms with E-state index in [1.165, 1.54) is 13.0 Å². The summed E-state index contributed by atoms with van der Waals surface area (Å²) in [5.74, 6) is 3.27. The summed E-state index contributed by atoms with van der Waals surface area (Å²) in [4.78, 5) is 10.5. The molecular formula is C15H10I2N2O4. The van der Waals surface area contributed by atoms with Gasteiger partial charge >= 0.3 is 5.69 Å². The first kappa shape index (κ1) is 17.7. The van der Waals surface area contributed by atoms with E-state index in [0.717, 1.165) is 18.5 Å². The van der Waals surface area contributed by atoms with Gasteiger partial charge in [0, 0.05) is 0 Å². The Hall–Kier alpha value is -1.61. The Morgan fingerprint density at radius 1 is 1.43 bits per heavy atom. The van der Waals surface area contributed by atoms with Crippen LogP contribution in [0.3, 0.4) is 0 Å². The zero-order valence-electron chi connectivity index (χ0n) is 11.9. The number of aromatic nitrogens is 1. The second kappa shape index (κ2) is 7.78. The number of nitro groups is 1. The summed E-state index contributed by atoms with van der Waals surface area (Å²) in [6.07, 6.45) is 8.45. The number of hydrogen-bond acceptors (Lipinski definition) is 5. The molecule has 118 valence electrons. The van der Waals surface area contributed by atoms with Gasteiger partial charge in [-0.3, -0.25) is 10.1 Å². The van der Waals surface area contributed by atoms with Gasteiger partial charge in [-0.2, -0.15) is 0 Å². The van der Waals surface area contributed by atoms with Crippen molar-refractivity contribution in [2.24, 2.45) is 0 Å². The Morgan fingerprint density at radius 3 is 2.65 bits per heavy atom. The molecule has 1 aromatic carbocycles. The van der Waals surface area contributed by atoms with Crippen LogP contribution in [0.1, 0.15) is 17.0 Å². The van der Waals surface area contributed by atoms with E-state index in [1.807, 2.05) is 12.1 Å². The summed E-state index contributed by atoms with van der Waals surface area (Å²) in [7, 11) is 0. The van der Waals surface area contributed by atoms with Crippen molar-refractivity contribution in [2.45, 2.75) is 6.92 Å². The Kier molecular flexibility index (Phi) is 6.00. The van der Waals surface area contributed by atoms with Crippen LogP contribution >= 0.6 is 45.2 Å². The molecular weight excluding hydrogens is 526 g/mol. The summed E-state index contributed by atoms with van der Waals surface area (Å²) >= 11 is 4.30. The van der Waals surface area contributed by atoms with Gasteiger partial charge in [0.2, 0.25) is 5.76 Å². The van der Waals surface area contributed by atoms with Crippen LogP contribution in [0.25, 0.3) is 12.2 Å². The van der Waals surface area contributed by atoms with E-state index in [4.69, 9.17) is 15.7 Å². The number of benzene rings is 1. The molecule has 0 saturated heterocycles. The number of hydrogen-bond donors (Lipinski definition) is 0. The summed E-state index contributed by atoms with van der Waals surface area (Å²) < 4.78 is 12.3. The zero-order chi connectivity index (χ0) is 17.0. The molecule has 23 heavy (non-hydrogen) atoms. The molecule has 2 aromatic rings. The van der Waals surface area contributed by atoms with Crippen LogP contribution in [0.2, 0.25) is 0 Å². The second-order valence-electron chi connectivity index (χ2n) is 4.38. The highest BCUT2D eigenvalue weighted by Gasteiger charge is 2.21. The van der Waals surface area contributed by atoms with Crippen LogP contribution in [0, 0.1) is 36.5 Å². The maximum Gasteiger partial charge on any atom is 0.338 e. The van der Waals surface area contributed by atoms with Crippen molar-refractivity contribution in [3.8, 4) is 18.1 Å². The third-order valence-corrected chi connectivity index (χ3v) is 4.39. The normalized spacial score (nSPS) is 10.7. The Morgan fingerprint density at radius 2 is 2.09 bits per heavy atom. The number of terminal acetylenes is 1. The maximum absolute atomic E-state index is 11.0. The first-order valence-electron chi connectivity index (χ1n) is 6.28. The predicted molar refractivity (Wildman–Crippen MR) is 103 cm³/mol. The van der Waals surface area contributed by atoms with Crippen molar-refractivity contribution in [1.29, 1.82) is 0 Å². The molecule has 0 bridgehead atoms. The number of ether oxygens (including phenoxy) is 1. The largest absolute Gasteiger partial charge is 0.479 e. The van der Waals surface area contributed by atoms with Gasteiger partial charge in [0.15, 0.2) is 5.69 Å². The van der Waals surface area contributed by atoms with E-state index in [2.05, 4.69) is 56.3 Å². The lowest BCUT2D eigenvalue weighted by Crippen LogP contribution is -1.98. The molecule has 0 saturated carbocycles. The van der Waals surface area contributed by atoms with Crippen molar-refractivity contribution in [2.75, 3.05) is 6.61 Å². The highest BCUT2D eigenvalue weighted by Crippen LogP contribution is 2.30. The molecule has 0 aliphatic heterocycles. The minimum Gasteiger partial charge on any atom is -0.479 e. The van der Waals surface area contributed by atoms with Crippen LogP contribution in [0.15, 0.2) is 16.7 Å². The summed E-state index contributed by atoms with van der Waals surface area (Å²) in [6, 6.07) is 3.78. The molecule has 1 heterocycles. The molecule has 0 radical (unpaired) electrons. The Labute approximate surface area is 159 Å². The monoisotopic (exact) mass is 536 g/mol. The van der Waals surface area contributed by atoms with Gasteiger partial charge in [-0.05, 0) is 75.9 Å². The highest BCUT2D eigenvalue weighted by atomic mass is 127.